The van der Waals surface area contributed by atoms with E-state index in [1.807, 2.05) is 0 Å². The van der Waals surface area contributed by atoms with E-state index < -0.39 is 17.7 Å². The van der Waals surface area contributed by atoms with Gasteiger partial charge in [0, 0.05) is 18.7 Å². The highest BCUT2D eigenvalue weighted by Crippen LogP contribution is 2.09. The van der Waals surface area contributed by atoms with Crippen molar-refractivity contribution >= 4 is 12.1 Å². The molecule has 0 spiro atoms. The fourth-order valence-electron chi connectivity index (χ4n) is 1.65. The molecule has 21 heavy (non-hydrogen) atoms. The summed E-state index contributed by atoms with van der Waals surface area (Å²) in [6, 6.07) is -0.469. The first kappa shape index (κ1) is 16.9. The summed E-state index contributed by atoms with van der Waals surface area (Å²) in [4.78, 5) is 23.4. The standard InChI is InChI=1S/C13H22N4O4/c1-5-20-11(18)7-9(6-10-8-14-17-16-10)15-12(19)21-13(2,3)4/h8-9H,5-7H2,1-4H3,(H,15,19)(H,14,16,17). The third kappa shape index (κ3) is 7.28. The van der Waals surface area contributed by atoms with Gasteiger partial charge in [0.15, 0.2) is 0 Å². The van der Waals surface area contributed by atoms with Gasteiger partial charge in [-0.05, 0) is 27.7 Å². The normalized spacial score (nSPS) is 12.6. The number of carbonyl (C=O) groups excluding carboxylic acids is 2. The minimum absolute atomic E-state index is 0.0416. The minimum Gasteiger partial charge on any atom is -0.466 e. The first-order valence-electron chi connectivity index (χ1n) is 6.80. The molecule has 0 aromatic carbocycles. The van der Waals surface area contributed by atoms with E-state index in [2.05, 4.69) is 20.7 Å². The van der Waals surface area contributed by atoms with Gasteiger partial charge in [-0.15, -0.1) is 5.10 Å². The van der Waals surface area contributed by atoms with Crippen LogP contribution in [0.2, 0.25) is 0 Å². The zero-order valence-electron chi connectivity index (χ0n) is 12.8. The largest absolute Gasteiger partial charge is 0.466 e. The summed E-state index contributed by atoms with van der Waals surface area (Å²) in [5.41, 5.74) is 0.0345. The molecule has 1 unspecified atom stereocenters. The molecular weight excluding hydrogens is 276 g/mol. The van der Waals surface area contributed by atoms with Crippen LogP contribution >= 0.6 is 0 Å². The van der Waals surface area contributed by atoms with Gasteiger partial charge in [0.1, 0.15) is 5.60 Å². The van der Waals surface area contributed by atoms with Gasteiger partial charge in [-0.25, -0.2) is 4.79 Å². The average molecular weight is 298 g/mol. The van der Waals surface area contributed by atoms with Gasteiger partial charge >= 0.3 is 12.1 Å². The van der Waals surface area contributed by atoms with E-state index in [1.54, 1.807) is 33.9 Å². The van der Waals surface area contributed by atoms with Crippen LogP contribution in [0.25, 0.3) is 0 Å². The summed E-state index contributed by atoms with van der Waals surface area (Å²) in [7, 11) is 0. The maximum absolute atomic E-state index is 11.8. The average Bonchev–Trinajstić information content (AvgIpc) is 2.78. The van der Waals surface area contributed by atoms with Crippen molar-refractivity contribution in [3.8, 4) is 0 Å². The van der Waals surface area contributed by atoms with Crippen LogP contribution in [0.15, 0.2) is 6.20 Å². The second-order valence-corrected chi connectivity index (χ2v) is 5.52. The summed E-state index contributed by atoms with van der Waals surface area (Å²) in [5, 5.41) is 12.7. The van der Waals surface area contributed by atoms with Crippen LogP contribution in [0.4, 0.5) is 4.79 Å². The van der Waals surface area contributed by atoms with Gasteiger partial charge in [-0.2, -0.15) is 0 Å². The highest BCUT2D eigenvalue weighted by Gasteiger charge is 2.22. The Hall–Kier alpha value is -2.12. The van der Waals surface area contributed by atoms with Crippen molar-refractivity contribution < 1.29 is 19.1 Å². The van der Waals surface area contributed by atoms with Crippen molar-refractivity contribution in [2.45, 2.75) is 52.2 Å². The summed E-state index contributed by atoms with van der Waals surface area (Å²) < 4.78 is 10.1. The van der Waals surface area contributed by atoms with E-state index in [1.165, 1.54) is 0 Å². The molecule has 1 amide bonds. The summed E-state index contributed by atoms with van der Waals surface area (Å²) in [6.45, 7) is 7.33. The van der Waals surface area contributed by atoms with Crippen molar-refractivity contribution in [2.75, 3.05) is 6.61 Å². The van der Waals surface area contributed by atoms with E-state index in [9.17, 15) is 9.59 Å². The van der Waals surface area contributed by atoms with Gasteiger partial charge in [-0.3, -0.25) is 9.89 Å². The lowest BCUT2D eigenvalue weighted by Crippen LogP contribution is -2.41. The number of ether oxygens (including phenoxy) is 2. The molecule has 0 bridgehead atoms. The molecule has 8 nitrogen and oxygen atoms in total. The fourth-order valence-corrected chi connectivity index (χ4v) is 1.65. The number of H-pyrrole nitrogens is 1. The van der Waals surface area contributed by atoms with Crippen LogP contribution < -0.4 is 5.32 Å². The van der Waals surface area contributed by atoms with E-state index >= 15 is 0 Å². The molecular formula is C13H22N4O4. The number of carbonyl (C=O) groups is 2. The zero-order chi connectivity index (χ0) is 15.9. The first-order valence-corrected chi connectivity index (χ1v) is 6.80. The Morgan fingerprint density at radius 1 is 1.43 bits per heavy atom. The Bertz CT molecular complexity index is 453. The van der Waals surface area contributed by atoms with Crippen LogP contribution in [0.5, 0.6) is 0 Å². The molecule has 0 aliphatic heterocycles. The Labute approximate surface area is 123 Å². The number of amides is 1. The molecule has 118 valence electrons. The lowest BCUT2D eigenvalue weighted by Gasteiger charge is -2.23. The van der Waals surface area contributed by atoms with Crippen molar-refractivity contribution in [1.29, 1.82) is 0 Å². The van der Waals surface area contributed by atoms with E-state index in [0.717, 1.165) is 0 Å². The van der Waals surface area contributed by atoms with Crippen molar-refractivity contribution in [1.82, 2.24) is 20.7 Å². The molecule has 1 aromatic rings. The Morgan fingerprint density at radius 2 is 2.14 bits per heavy atom. The molecule has 2 N–H and O–H groups in total. The molecule has 0 aliphatic rings. The number of nitrogens with one attached hydrogen (secondary N) is 2. The topological polar surface area (TPSA) is 106 Å². The second-order valence-electron chi connectivity index (χ2n) is 5.52. The van der Waals surface area contributed by atoms with Crippen LogP contribution in [0.1, 0.15) is 39.8 Å². The monoisotopic (exact) mass is 298 g/mol. The number of rotatable bonds is 6. The first-order chi connectivity index (χ1) is 9.80. The summed E-state index contributed by atoms with van der Waals surface area (Å²) in [6.07, 6.45) is 1.42. The van der Waals surface area contributed by atoms with Crippen LogP contribution in [0.3, 0.4) is 0 Å². The number of hydrogen-bond acceptors (Lipinski definition) is 6. The quantitative estimate of drug-likeness (QED) is 0.764. The lowest BCUT2D eigenvalue weighted by molar-refractivity contribution is -0.143. The predicted octanol–water partition coefficient (Wildman–Crippen LogP) is 1.19. The van der Waals surface area contributed by atoms with Gasteiger partial charge in [0.05, 0.1) is 18.7 Å². The highest BCUT2D eigenvalue weighted by atomic mass is 16.6. The van der Waals surface area contributed by atoms with Crippen LogP contribution in [-0.4, -0.2) is 45.7 Å². The number of nitrogens with zero attached hydrogens (tertiary/aromatic N) is 2. The zero-order valence-corrected chi connectivity index (χ0v) is 12.8. The third-order valence-electron chi connectivity index (χ3n) is 2.36. The number of esters is 1. The Morgan fingerprint density at radius 3 is 2.67 bits per heavy atom. The van der Waals surface area contributed by atoms with Crippen LogP contribution in [-0.2, 0) is 20.7 Å². The smallest absolute Gasteiger partial charge is 0.407 e. The molecule has 1 atom stereocenters. The molecule has 0 fully saturated rings. The number of alkyl carbamates (subject to hydrolysis) is 1. The fraction of sp³-hybridized carbons (Fsp3) is 0.692. The van der Waals surface area contributed by atoms with Crippen molar-refractivity contribution in [3.63, 3.8) is 0 Å². The SMILES string of the molecule is CCOC(=O)CC(Cc1c[nH]nn1)NC(=O)OC(C)(C)C. The maximum atomic E-state index is 11.8. The number of aromatic amines is 1. The van der Waals surface area contributed by atoms with Gasteiger partial charge < -0.3 is 14.8 Å². The highest BCUT2D eigenvalue weighted by molar-refractivity contribution is 5.73. The maximum Gasteiger partial charge on any atom is 0.407 e. The van der Waals surface area contributed by atoms with E-state index in [4.69, 9.17) is 9.47 Å². The molecule has 0 saturated heterocycles. The number of hydrogen-bond donors (Lipinski definition) is 2. The summed E-state index contributed by atoms with van der Waals surface area (Å²) in [5.74, 6) is -0.387. The Kier molecular flexibility index (Phi) is 6.13. The predicted molar refractivity (Wildman–Crippen MR) is 74.5 cm³/mol. The summed E-state index contributed by atoms with van der Waals surface area (Å²) >= 11 is 0. The molecule has 1 rings (SSSR count). The molecule has 1 heterocycles. The van der Waals surface area contributed by atoms with Gasteiger partial charge in [-0.1, -0.05) is 5.21 Å². The van der Waals surface area contributed by atoms with E-state index in [-0.39, 0.29) is 12.4 Å². The van der Waals surface area contributed by atoms with E-state index in [0.29, 0.717) is 18.7 Å². The second kappa shape index (κ2) is 7.61. The molecule has 0 aliphatic carbocycles. The molecule has 0 saturated carbocycles. The third-order valence-corrected chi connectivity index (χ3v) is 2.36. The lowest BCUT2D eigenvalue weighted by atomic mass is 10.1. The number of aromatic nitrogens is 3. The van der Waals surface area contributed by atoms with Crippen molar-refractivity contribution in [3.05, 3.63) is 11.9 Å². The Balaban J connectivity index is 2.62. The van der Waals surface area contributed by atoms with Crippen molar-refractivity contribution in [2.24, 2.45) is 0 Å². The molecule has 1 aromatic heterocycles. The van der Waals surface area contributed by atoms with Gasteiger partial charge in [0.2, 0.25) is 0 Å². The van der Waals surface area contributed by atoms with Gasteiger partial charge in [0.25, 0.3) is 0 Å². The van der Waals surface area contributed by atoms with Crippen LogP contribution in [0, 0.1) is 0 Å². The molecule has 0 radical (unpaired) electrons. The molecule has 8 heteroatoms. The minimum atomic E-state index is -0.605.